The molecule has 0 radical (unpaired) electrons. The molecule has 0 bridgehead atoms. The van der Waals surface area contributed by atoms with Crippen LogP contribution in [0.5, 0.6) is 5.75 Å². The molecular formula is C26H37F3O3Si. The van der Waals surface area contributed by atoms with Gasteiger partial charge in [0, 0.05) is 13.0 Å². The first-order valence-corrected chi connectivity index (χ1v) is 15.0. The summed E-state index contributed by atoms with van der Waals surface area (Å²) in [5.41, 5.74) is 0.367. The first-order valence-electron chi connectivity index (χ1n) is 12.1. The van der Waals surface area contributed by atoms with Crippen molar-refractivity contribution in [3.8, 4) is 5.75 Å². The number of carbonyl (C=O) groups excluding carboxylic acids is 1. The van der Waals surface area contributed by atoms with E-state index >= 15 is 0 Å². The van der Waals surface area contributed by atoms with E-state index in [1.54, 1.807) is 7.11 Å². The minimum atomic E-state index is -4.42. The number of hydrogen-bond acceptors (Lipinski definition) is 3. The number of Topliss-reactive ketones (excluding diaryl/α,β-unsaturated/α-hetero) is 1. The zero-order valence-electron chi connectivity index (χ0n) is 20.6. The van der Waals surface area contributed by atoms with Crippen LogP contribution in [-0.4, -0.2) is 34.0 Å². The van der Waals surface area contributed by atoms with Crippen LogP contribution in [-0.2, 0) is 15.6 Å². The number of halogens is 3. The fraction of sp³-hybridized carbons (Fsp3) is 0.731. The van der Waals surface area contributed by atoms with Gasteiger partial charge < -0.3 is 9.16 Å². The van der Waals surface area contributed by atoms with Crippen LogP contribution in [0.2, 0.25) is 18.1 Å². The lowest BCUT2D eigenvalue weighted by Crippen LogP contribution is -2.55. The second kappa shape index (κ2) is 8.11. The van der Waals surface area contributed by atoms with E-state index in [2.05, 4.69) is 20.8 Å². The van der Waals surface area contributed by atoms with Gasteiger partial charge >= 0.3 is 6.18 Å². The molecule has 7 heteroatoms. The quantitative estimate of drug-likeness (QED) is 0.438. The molecule has 2 saturated carbocycles. The van der Waals surface area contributed by atoms with Crippen molar-refractivity contribution in [2.75, 3.05) is 13.7 Å². The molecule has 0 amide bonds. The largest absolute Gasteiger partial charge is 0.497 e. The Morgan fingerprint density at radius 3 is 2.45 bits per heavy atom. The Hall–Kier alpha value is -1.34. The molecule has 33 heavy (non-hydrogen) atoms. The van der Waals surface area contributed by atoms with Crippen LogP contribution < -0.4 is 4.74 Å². The third-order valence-electron chi connectivity index (χ3n) is 9.44. The van der Waals surface area contributed by atoms with Crippen LogP contribution in [0.1, 0.15) is 63.5 Å². The Morgan fingerprint density at radius 1 is 1.15 bits per heavy atom. The SMILES string of the molecule is COc1ccc2c(c1)CC[C@@H]1[C@@H]2CC[C@@]2(C(F)(F)F)[C@@H]1CC(=O)[C@@H]2CO[Si](C)(C)C(C)(C)C. The smallest absolute Gasteiger partial charge is 0.395 e. The Morgan fingerprint density at radius 2 is 1.85 bits per heavy atom. The summed E-state index contributed by atoms with van der Waals surface area (Å²) in [6, 6.07) is 5.95. The summed E-state index contributed by atoms with van der Waals surface area (Å²) in [5.74, 6) is -1.26. The molecule has 0 spiro atoms. The summed E-state index contributed by atoms with van der Waals surface area (Å²) < 4.78 is 56.3. The molecule has 1 aromatic rings. The van der Waals surface area contributed by atoms with Gasteiger partial charge in [0.15, 0.2) is 8.32 Å². The van der Waals surface area contributed by atoms with Crippen LogP contribution in [0.4, 0.5) is 13.2 Å². The zero-order valence-corrected chi connectivity index (χ0v) is 21.6. The lowest BCUT2D eigenvalue weighted by molar-refractivity contribution is -0.270. The molecular weight excluding hydrogens is 445 g/mol. The maximum Gasteiger partial charge on any atom is 0.395 e. The van der Waals surface area contributed by atoms with Gasteiger partial charge in [-0.05, 0) is 84.8 Å². The Labute approximate surface area is 196 Å². The van der Waals surface area contributed by atoms with E-state index in [1.165, 1.54) is 5.56 Å². The number of hydrogen-bond donors (Lipinski definition) is 0. The first-order chi connectivity index (χ1) is 15.2. The molecule has 4 rings (SSSR count). The Bertz CT molecular complexity index is 920. The monoisotopic (exact) mass is 482 g/mol. The highest BCUT2D eigenvalue weighted by Gasteiger charge is 2.71. The van der Waals surface area contributed by atoms with E-state index in [9.17, 15) is 18.0 Å². The third-order valence-corrected chi connectivity index (χ3v) is 13.9. The van der Waals surface area contributed by atoms with Gasteiger partial charge in [-0.2, -0.15) is 13.2 Å². The minimum Gasteiger partial charge on any atom is -0.497 e. The molecule has 1 aromatic carbocycles. The maximum atomic E-state index is 14.9. The molecule has 184 valence electrons. The van der Waals surface area contributed by atoms with Gasteiger partial charge in [-0.1, -0.05) is 26.8 Å². The summed E-state index contributed by atoms with van der Waals surface area (Å²) in [6.07, 6.45) is -2.50. The van der Waals surface area contributed by atoms with Crippen molar-refractivity contribution in [1.29, 1.82) is 0 Å². The lowest BCUT2D eigenvalue weighted by atomic mass is 9.53. The maximum absolute atomic E-state index is 14.9. The number of ether oxygens (including phenoxy) is 1. The Balaban J connectivity index is 1.67. The van der Waals surface area contributed by atoms with Crippen LogP contribution in [0.3, 0.4) is 0 Å². The van der Waals surface area contributed by atoms with Crippen molar-refractivity contribution in [3.63, 3.8) is 0 Å². The van der Waals surface area contributed by atoms with Gasteiger partial charge in [-0.15, -0.1) is 0 Å². The van der Waals surface area contributed by atoms with Gasteiger partial charge in [0.1, 0.15) is 11.5 Å². The van der Waals surface area contributed by atoms with E-state index in [0.29, 0.717) is 12.8 Å². The van der Waals surface area contributed by atoms with E-state index in [-0.39, 0.29) is 42.1 Å². The van der Waals surface area contributed by atoms with Gasteiger partial charge in [0.25, 0.3) is 0 Å². The Kier molecular flexibility index (Phi) is 6.09. The second-order valence-corrected chi connectivity index (χ2v) is 16.7. The third kappa shape index (κ3) is 3.87. The molecule has 0 aromatic heterocycles. The van der Waals surface area contributed by atoms with Crippen LogP contribution in [0.15, 0.2) is 18.2 Å². The van der Waals surface area contributed by atoms with Gasteiger partial charge in [-0.25, -0.2) is 0 Å². The number of ketones is 1. The average molecular weight is 483 g/mol. The van der Waals surface area contributed by atoms with Crippen molar-refractivity contribution in [2.24, 2.45) is 23.2 Å². The van der Waals surface area contributed by atoms with Crippen molar-refractivity contribution in [3.05, 3.63) is 29.3 Å². The molecule has 0 aliphatic heterocycles. The van der Waals surface area contributed by atoms with Crippen molar-refractivity contribution in [2.45, 2.75) is 83.1 Å². The van der Waals surface area contributed by atoms with Gasteiger partial charge in [-0.3, -0.25) is 4.79 Å². The highest BCUT2D eigenvalue weighted by atomic mass is 28.4. The van der Waals surface area contributed by atoms with Gasteiger partial charge in [0.05, 0.1) is 18.4 Å². The van der Waals surface area contributed by atoms with E-state index in [1.807, 2.05) is 31.3 Å². The molecule has 0 heterocycles. The zero-order chi connectivity index (χ0) is 24.4. The highest BCUT2D eigenvalue weighted by molar-refractivity contribution is 6.74. The molecule has 3 nitrogen and oxygen atoms in total. The molecule has 0 saturated heterocycles. The normalized spacial score (nSPS) is 32.2. The van der Waals surface area contributed by atoms with Gasteiger partial charge in [0.2, 0.25) is 0 Å². The van der Waals surface area contributed by atoms with Crippen LogP contribution >= 0.6 is 0 Å². The summed E-state index contributed by atoms with van der Waals surface area (Å²) in [6.45, 7) is 10.2. The molecule has 0 unspecified atom stereocenters. The lowest BCUT2D eigenvalue weighted by Gasteiger charge is -2.52. The van der Waals surface area contributed by atoms with E-state index in [0.717, 1.165) is 17.7 Å². The number of fused-ring (bicyclic) bond motifs is 5. The first kappa shape index (κ1) is 24.8. The van der Waals surface area contributed by atoms with Crippen LogP contribution in [0.25, 0.3) is 0 Å². The predicted octanol–water partition coefficient (Wildman–Crippen LogP) is 6.91. The fourth-order valence-corrected chi connectivity index (χ4v) is 7.58. The summed E-state index contributed by atoms with van der Waals surface area (Å²) in [5, 5.41) is -0.120. The minimum absolute atomic E-state index is 0.00503. The summed E-state index contributed by atoms with van der Waals surface area (Å²) in [4.78, 5) is 13.2. The second-order valence-electron chi connectivity index (χ2n) is 11.9. The number of methoxy groups -OCH3 is 1. The summed E-state index contributed by atoms with van der Waals surface area (Å²) >= 11 is 0. The number of rotatable bonds is 4. The van der Waals surface area contributed by atoms with E-state index in [4.69, 9.17) is 9.16 Å². The average Bonchev–Trinajstić information content (AvgIpc) is 3.03. The molecule has 3 aliphatic rings. The van der Waals surface area contributed by atoms with Crippen molar-refractivity contribution in [1.82, 2.24) is 0 Å². The number of alkyl halides is 3. The highest BCUT2D eigenvalue weighted by Crippen LogP contribution is 2.67. The topological polar surface area (TPSA) is 35.5 Å². The molecule has 3 aliphatic carbocycles. The predicted molar refractivity (Wildman–Crippen MR) is 125 cm³/mol. The van der Waals surface area contributed by atoms with Crippen molar-refractivity contribution >= 4 is 14.1 Å². The number of carbonyl (C=O) groups is 1. The van der Waals surface area contributed by atoms with Crippen LogP contribution in [0, 0.1) is 23.2 Å². The van der Waals surface area contributed by atoms with Crippen molar-refractivity contribution < 1.29 is 27.1 Å². The van der Waals surface area contributed by atoms with E-state index < -0.39 is 31.7 Å². The molecule has 5 atom stereocenters. The number of aryl methyl sites for hydroxylation is 1. The standard InChI is InChI=1S/C26H37F3O3Si/c1-24(2,3)33(5,6)32-15-22-23(30)14-21-20-9-7-16-13-17(31-4)8-10-18(16)19(20)11-12-25(21,22)26(27,28)29/h8,10,13,19-22H,7,9,11-12,14-15H2,1-6H3/t19-,20-,21-,22+,25-/m1/s1. The number of benzene rings is 1. The molecule has 0 N–H and O–H groups in total. The molecule has 2 fully saturated rings. The summed E-state index contributed by atoms with van der Waals surface area (Å²) in [7, 11) is -0.646. The fourth-order valence-electron chi connectivity index (χ4n) is 6.57.